The van der Waals surface area contributed by atoms with Crippen molar-refractivity contribution in [2.45, 2.75) is 51.4 Å². The Morgan fingerprint density at radius 1 is 0.941 bits per heavy atom. The van der Waals surface area contributed by atoms with E-state index in [0.29, 0.717) is 17.6 Å². The van der Waals surface area contributed by atoms with Crippen LogP contribution in [0.5, 0.6) is 0 Å². The lowest BCUT2D eigenvalue weighted by Crippen LogP contribution is -2.25. The highest BCUT2D eigenvalue weighted by atomic mass is 19.3. The van der Waals surface area contributed by atoms with Gasteiger partial charge in [-0.2, -0.15) is 8.78 Å². The van der Waals surface area contributed by atoms with Crippen LogP contribution in [0.25, 0.3) is 0 Å². The van der Waals surface area contributed by atoms with Crippen molar-refractivity contribution in [1.29, 1.82) is 0 Å². The number of hydrogen-bond acceptors (Lipinski definition) is 1. The third-order valence-electron chi connectivity index (χ3n) is 4.43. The maximum absolute atomic E-state index is 12.1. The van der Waals surface area contributed by atoms with E-state index < -0.39 is 6.08 Å². The Bertz CT molecular complexity index is 289. The first-order valence-corrected chi connectivity index (χ1v) is 6.69. The first-order chi connectivity index (χ1) is 8.15. The van der Waals surface area contributed by atoms with Crippen molar-refractivity contribution >= 4 is 5.78 Å². The normalized spacial score (nSPS) is 31.3. The molecule has 0 unspecified atom stereocenters. The highest BCUT2D eigenvalue weighted by Gasteiger charge is 2.29. The maximum atomic E-state index is 12.1. The number of rotatable bonds is 2. The third kappa shape index (κ3) is 3.62. The van der Waals surface area contributed by atoms with E-state index in [-0.39, 0.29) is 5.92 Å². The molecule has 0 spiro atoms. The standard InChI is InChI=1S/C14H20F2O/c15-14(16)9-10-1-3-11(4-2-10)12-5-7-13(17)8-6-12/h9-12H,1-8H2/t10-,11-. The number of halogens is 2. The molecule has 17 heavy (non-hydrogen) atoms. The molecule has 2 saturated carbocycles. The second kappa shape index (κ2) is 5.74. The van der Waals surface area contributed by atoms with Crippen molar-refractivity contribution in [2.75, 3.05) is 0 Å². The summed E-state index contributed by atoms with van der Waals surface area (Å²) < 4.78 is 24.3. The summed E-state index contributed by atoms with van der Waals surface area (Å²) in [4.78, 5) is 11.2. The molecule has 2 aliphatic carbocycles. The van der Waals surface area contributed by atoms with Gasteiger partial charge in [0.25, 0.3) is 6.08 Å². The van der Waals surface area contributed by atoms with Crippen molar-refractivity contribution in [3.05, 3.63) is 12.2 Å². The van der Waals surface area contributed by atoms with Crippen LogP contribution >= 0.6 is 0 Å². The quantitative estimate of drug-likeness (QED) is 0.704. The van der Waals surface area contributed by atoms with E-state index in [0.717, 1.165) is 57.4 Å². The minimum Gasteiger partial charge on any atom is -0.300 e. The smallest absolute Gasteiger partial charge is 0.266 e. The molecule has 2 rings (SSSR count). The van der Waals surface area contributed by atoms with Gasteiger partial charge in [0.1, 0.15) is 5.78 Å². The molecular weight excluding hydrogens is 222 g/mol. The molecule has 0 aromatic rings. The van der Waals surface area contributed by atoms with E-state index in [4.69, 9.17) is 0 Å². The van der Waals surface area contributed by atoms with Gasteiger partial charge in [0, 0.05) is 12.8 Å². The number of allylic oxidation sites excluding steroid dienone is 1. The van der Waals surface area contributed by atoms with Gasteiger partial charge in [0.2, 0.25) is 0 Å². The van der Waals surface area contributed by atoms with Crippen LogP contribution < -0.4 is 0 Å². The van der Waals surface area contributed by atoms with Gasteiger partial charge in [-0.1, -0.05) is 0 Å². The molecule has 0 saturated heterocycles. The zero-order chi connectivity index (χ0) is 12.3. The second-order valence-electron chi connectivity index (χ2n) is 5.51. The van der Waals surface area contributed by atoms with Crippen LogP contribution in [0.3, 0.4) is 0 Å². The summed E-state index contributed by atoms with van der Waals surface area (Å²) in [6, 6.07) is 0. The molecule has 1 nitrogen and oxygen atoms in total. The highest BCUT2D eigenvalue weighted by Crippen LogP contribution is 2.39. The average Bonchev–Trinajstić information content (AvgIpc) is 2.30. The summed E-state index contributed by atoms with van der Waals surface area (Å²) in [5.41, 5.74) is 0. The lowest BCUT2D eigenvalue weighted by Gasteiger charge is -2.34. The van der Waals surface area contributed by atoms with E-state index >= 15 is 0 Å². The topological polar surface area (TPSA) is 17.1 Å². The predicted molar refractivity (Wildman–Crippen MR) is 62.7 cm³/mol. The molecule has 0 heterocycles. The van der Waals surface area contributed by atoms with E-state index in [1.54, 1.807) is 0 Å². The summed E-state index contributed by atoms with van der Waals surface area (Å²) in [5.74, 6) is 1.84. The van der Waals surface area contributed by atoms with Gasteiger partial charge in [-0.3, -0.25) is 4.79 Å². The van der Waals surface area contributed by atoms with Gasteiger partial charge < -0.3 is 0 Å². The Balaban J connectivity index is 1.79. The van der Waals surface area contributed by atoms with Crippen LogP contribution in [0.4, 0.5) is 8.78 Å². The van der Waals surface area contributed by atoms with Crippen LogP contribution in [-0.4, -0.2) is 5.78 Å². The summed E-state index contributed by atoms with van der Waals surface area (Å²) in [6.07, 6.45) is 7.05. The van der Waals surface area contributed by atoms with E-state index in [2.05, 4.69) is 0 Å². The molecule has 2 fully saturated rings. The number of hydrogen-bond donors (Lipinski definition) is 0. The first-order valence-electron chi connectivity index (χ1n) is 6.69. The van der Waals surface area contributed by atoms with Crippen LogP contribution in [0.1, 0.15) is 51.4 Å². The fourth-order valence-corrected chi connectivity index (χ4v) is 3.39. The van der Waals surface area contributed by atoms with E-state index in [9.17, 15) is 13.6 Å². The zero-order valence-electron chi connectivity index (χ0n) is 10.1. The maximum Gasteiger partial charge on any atom is 0.266 e. The van der Waals surface area contributed by atoms with Crippen molar-refractivity contribution in [1.82, 2.24) is 0 Å². The van der Waals surface area contributed by atoms with Crippen LogP contribution in [0.2, 0.25) is 0 Å². The van der Waals surface area contributed by atoms with E-state index in [1.807, 2.05) is 0 Å². The first kappa shape index (κ1) is 12.7. The molecule has 0 aliphatic heterocycles. The van der Waals surface area contributed by atoms with Gasteiger partial charge in [0.15, 0.2) is 0 Å². The molecule has 0 amide bonds. The number of carbonyl (C=O) groups excluding carboxylic acids is 1. The predicted octanol–water partition coefficient (Wildman–Crippen LogP) is 4.33. The second-order valence-corrected chi connectivity index (χ2v) is 5.51. The van der Waals surface area contributed by atoms with Crippen molar-refractivity contribution in [2.24, 2.45) is 17.8 Å². The third-order valence-corrected chi connectivity index (χ3v) is 4.43. The Morgan fingerprint density at radius 3 is 2.00 bits per heavy atom. The summed E-state index contributed by atoms with van der Waals surface area (Å²) in [6.45, 7) is 0. The van der Waals surface area contributed by atoms with Crippen molar-refractivity contribution in [3.8, 4) is 0 Å². The number of ketones is 1. The van der Waals surface area contributed by atoms with Crippen LogP contribution in [0, 0.1) is 17.8 Å². The van der Waals surface area contributed by atoms with Gasteiger partial charge in [-0.05, 0) is 62.4 Å². The van der Waals surface area contributed by atoms with Gasteiger partial charge >= 0.3 is 0 Å². The Kier molecular flexibility index (Phi) is 4.30. The SMILES string of the molecule is O=C1CCC([C@H]2CC[C@H](C=C(F)F)CC2)CC1. The van der Waals surface area contributed by atoms with Crippen LogP contribution in [-0.2, 0) is 4.79 Å². The van der Waals surface area contributed by atoms with Crippen LogP contribution in [0.15, 0.2) is 12.2 Å². The molecule has 0 atom stereocenters. The summed E-state index contributed by atoms with van der Waals surface area (Å²) in [7, 11) is 0. The summed E-state index contributed by atoms with van der Waals surface area (Å²) >= 11 is 0. The lowest BCUT2D eigenvalue weighted by molar-refractivity contribution is -0.121. The van der Waals surface area contributed by atoms with Crippen molar-refractivity contribution in [3.63, 3.8) is 0 Å². The van der Waals surface area contributed by atoms with Gasteiger partial charge in [-0.15, -0.1) is 0 Å². The Hall–Kier alpha value is -0.730. The largest absolute Gasteiger partial charge is 0.300 e. The highest BCUT2D eigenvalue weighted by molar-refractivity contribution is 5.79. The molecule has 2 aliphatic rings. The molecule has 0 aromatic heterocycles. The monoisotopic (exact) mass is 242 g/mol. The minimum absolute atomic E-state index is 0.0847. The van der Waals surface area contributed by atoms with Crippen molar-refractivity contribution < 1.29 is 13.6 Å². The Labute approximate surface area is 101 Å². The molecule has 3 heteroatoms. The molecular formula is C14H20F2O. The molecule has 0 aromatic carbocycles. The molecule has 0 bridgehead atoms. The molecule has 96 valence electrons. The molecule has 0 radical (unpaired) electrons. The summed E-state index contributed by atoms with van der Waals surface area (Å²) in [5, 5.41) is 0. The van der Waals surface area contributed by atoms with Gasteiger partial charge in [-0.25, -0.2) is 0 Å². The average molecular weight is 242 g/mol. The minimum atomic E-state index is -1.53. The number of carbonyl (C=O) groups is 1. The number of Topliss-reactive ketones (excluding diaryl/α,β-unsaturated/α-hetero) is 1. The fourth-order valence-electron chi connectivity index (χ4n) is 3.39. The zero-order valence-corrected chi connectivity index (χ0v) is 10.1. The Morgan fingerprint density at radius 2 is 1.47 bits per heavy atom. The van der Waals surface area contributed by atoms with E-state index in [1.165, 1.54) is 0 Å². The lowest BCUT2D eigenvalue weighted by atomic mass is 9.71. The van der Waals surface area contributed by atoms with Gasteiger partial charge in [0.05, 0.1) is 0 Å². The molecule has 0 N–H and O–H groups in total. The fraction of sp³-hybridized carbons (Fsp3) is 0.786.